The van der Waals surface area contributed by atoms with Crippen molar-refractivity contribution in [2.24, 2.45) is 0 Å². The number of carboxylic acids is 2. The fourth-order valence-electron chi connectivity index (χ4n) is 0.755. The second-order valence-electron chi connectivity index (χ2n) is 3.26. The first kappa shape index (κ1) is 18.0. The maximum Gasteiger partial charge on any atom is 0.335 e. The van der Waals surface area contributed by atoms with E-state index < -0.39 is 11.9 Å². The molecule has 0 fully saturated rings. The highest BCUT2D eigenvalue weighted by molar-refractivity contribution is 5.91. The lowest BCUT2D eigenvalue weighted by molar-refractivity contribution is -0.115. The summed E-state index contributed by atoms with van der Waals surface area (Å²) in [5.74, 6) is -2.13. The highest BCUT2D eigenvalue weighted by atomic mass is 16.4. The number of carbonyl (C=O) groups is 3. The van der Waals surface area contributed by atoms with E-state index in [9.17, 15) is 14.4 Å². The molecule has 0 atom stereocenters. The van der Waals surface area contributed by atoms with Crippen molar-refractivity contribution in [1.82, 2.24) is 11.1 Å². The topological polar surface area (TPSA) is 130 Å². The maximum atomic E-state index is 10.3. The number of rotatable bonds is 3. The van der Waals surface area contributed by atoms with Gasteiger partial charge in [-0.2, -0.15) is 0 Å². The van der Waals surface area contributed by atoms with Gasteiger partial charge in [-0.1, -0.05) is 0 Å². The number of aromatic carboxylic acids is 2. The largest absolute Gasteiger partial charge is 0.478 e. The predicted octanol–water partition coefficient (Wildman–Crippen LogP) is 0.949. The molecule has 18 heavy (non-hydrogen) atoms. The van der Waals surface area contributed by atoms with Gasteiger partial charge in [0.15, 0.2) is 0 Å². The van der Waals surface area contributed by atoms with Crippen LogP contribution in [0, 0.1) is 0 Å². The summed E-state index contributed by atoms with van der Waals surface area (Å²) in [5, 5.41) is 16.9. The number of hydrogen-bond donors (Lipinski definition) is 3. The molecule has 7 heteroatoms. The summed E-state index contributed by atoms with van der Waals surface area (Å²) in [6.45, 7) is 0. The molecule has 0 aliphatic carbocycles. The molecule has 0 aliphatic rings. The van der Waals surface area contributed by atoms with Gasteiger partial charge in [0.1, 0.15) is 0 Å². The molecule has 0 saturated heterocycles. The third kappa shape index (κ3) is 6.96. The normalized spacial score (nSPS) is 8.11. The van der Waals surface area contributed by atoms with Crippen LogP contribution in [-0.4, -0.2) is 47.6 Å². The minimum atomic E-state index is -1.06. The number of carbonyl (C=O) groups excluding carboxylic acids is 1. The lowest BCUT2D eigenvalue weighted by atomic mass is 10.1. The van der Waals surface area contributed by atoms with Gasteiger partial charge in [-0.15, -0.1) is 0 Å². The van der Waals surface area contributed by atoms with Gasteiger partial charge < -0.3 is 21.3 Å². The lowest BCUT2D eigenvalue weighted by Crippen LogP contribution is -2.06. The van der Waals surface area contributed by atoms with E-state index in [-0.39, 0.29) is 17.3 Å². The molecule has 100 valence electrons. The van der Waals surface area contributed by atoms with Crippen LogP contribution in [0.4, 0.5) is 0 Å². The average molecular weight is 256 g/mol. The predicted molar refractivity (Wildman–Crippen MR) is 65.1 cm³/mol. The molecule has 0 saturated carbocycles. The van der Waals surface area contributed by atoms with Crippen LogP contribution in [0.2, 0.25) is 0 Å². The third-order valence-corrected chi connectivity index (χ3v) is 1.59. The number of carboxylic acid groups (broad SMARTS) is 2. The van der Waals surface area contributed by atoms with Gasteiger partial charge in [0.25, 0.3) is 0 Å². The van der Waals surface area contributed by atoms with Crippen molar-refractivity contribution >= 4 is 18.3 Å². The molecular weight excluding hydrogens is 240 g/mol. The Balaban J connectivity index is 0. The lowest BCUT2D eigenvalue weighted by Gasteiger charge is -1.94. The van der Waals surface area contributed by atoms with Gasteiger partial charge in [0, 0.05) is 14.1 Å². The van der Waals surface area contributed by atoms with E-state index in [0.717, 1.165) is 6.41 Å². The van der Waals surface area contributed by atoms with E-state index in [1.165, 1.54) is 29.2 Å². The van der Waals surface area contributed by atoms with Crippen molar-refractivity contribution in [3.8, 4) is 0 Å². The second-order valence-corrected chi connectivity index (χ2v) is 3.26. The van der Waals surface area contributed by atoms with Gasteiger partial charge >= 0.3 is 11.9 Å². The zero-order chi connectivity index (χ0) is 13.4. The quantitative estimate of drug-likeness (QED) is 0.690. The van der Waals surface area contributed by atoms with Crippen LogP contribution in [0.5, 0.6) is 0 Å². The van der Waals surface area contributed by atoms with Gasteiger partial charge in [-0.3, -0.25) is 4.79 Å². The molecule has 5 N–H and O–H groups in total. The van der Waals surface area contributed by atoms with Crippen LogP contribution in [0.25, 0.3) is 0 Å². The molecule has 0 aromatic heterocycles. The van der Waals surface area contributed by atoms with Crippen molar-refractivity contribution in [3.05, 3.63) is 35.4 Å². The Kier molecular flexibility index (Phi) is 8.69. The van der Waals surface area contributed by atoms with E-state index in [1.807, 2.05) is 0 Å². The molecule has 1 aromatic rings. The molecule has 0 unspecified atom stereocenters. The third-order valence-electron chi connectivity index (χ3n) is 1.59. The standard InChI is InChI=1S/C8H6O4.C3H7NO.H3N/c9-7(10)5-1-2-6(4-3-5)8(11)12;1-4(2)3-5;/h1-4H,(H,9,10)(H,11,12);3H,1-2H3;1H3. The van der Waals surface area contributed by atoms with Crippen LogP contribution in [0.15, 0.2) is 24.3 Å². The van der Waals surface area contributed by atoms with E-state index in [1.54, 1.807) is 14.1 Å². The summed E-state index contributed by atoms with van der Waals surface area (Å²) in [6.07, 6.45) is 0.750. The number of nitrogens with zero attached hydrogens (tertiary/aromatic N) is 1. The molecule has 1 rings (SSSR count). The smallest absolute Gasteiger partial charge is 0.335 e. The average Bonchev–Trinajstić information content (AvgIpc) is 2.29. The minimum absolute atomic E-state index is 0. The van der Waals surface area contributed by atoms with E-state index in [4.69, 9.17) is 10.2 Å². The summed E-state index contributed by atoms with van der Waals surface area (Å²) >= 11 is 0. The molecule has 0 heterocycles. The van der Waals surface area contributed by atoms with Crippen molar-refractivity contribution in [3.63, 3.8) is 0 Å². The molecule has 1 aromatic carbocycles. The Labute approximate surface area is 104 Å². The summed E-state index contributed by atoms with van der Waals surface area (Å²) in [7, 11) is 3.38. The summed E-state index contributed by atoms with van der Waals surface area (Å²) in [4.78, 5) is 31.5. The Morgan fingerprint density at radius 3 is 1.33 bits per heavy atom. The SMILES string of the molecule is CN(C)C=O.N.O=C(O)c1ccc(C(=O)O)cc1. The zero-order valence-electron chi connectivity index (χ0n) is 10.2. The zero-order valence-corrected chi connectivity index (χ0v) is 10.2. The number of amides is 1. The van der Waals surface area contributed by atoms with Crippen molar-refractivity contribution in [2.45, 2.75) is 0 Å². The first-order chi connectivity index (χ1) is 7.88. The molecule has 0 aliphatic heterocycles. The van der Waals surface area contributed by atoms with E-state index >= 15 is 0 Å². The van der Waals surface area contributed by atoms with Crippen LogP contribution >= 0.6 is 0 Å². The first-order valence-corrected chi connectivity index (χ1v) is 4.57. The van der Waals surface area contributed by atoms with Crippen molar-refractivity contribution < 1.29 is 24.6 Å². The second kappa shape index (κ2) is 8.71. The molecule has 0 spiro atoms. The van der Waals surface area contributed by atoms with E-state index in [2.05, 4.69) is 0 Å². The Bertz CT molecular complexity index is 367. The van der Waals surface area contributed by atoms with Crippen LogP contribution in [0.3, 0.4) is 0 Å². The van der Waals surface area contributed by atoms with Crippen LogP contribution in [0.1, 0.15) is 20.7 Å². The fraction of sp³-hybridized carbons (Fsp3) is 0.182. The highest BCUT2D eigenvalue weighted by Crippen LogP contribution is 2.03. The molecule has 0 bridgehead atoms. The van der Waals surface area contributed by atoms with Crippen LogP contribution < -0.4 is 6.15 Å². The van der Waals surface area contributed by atoms with Crippen molar-refractivity contribution in [1.29, 1.82) is 0 Å². The highest BCUT2D eigenvalue weighted by Gasteiger charge is 2.04. The maximum absolute atomic E-state index is 10.3. The van der Waals surface area contributed by atoms with Crippen molar-refractivity contribution in [2.75, 3.05) is 14.1 Å². The summed E-state index contributed by atoms with van der Waals surface area (Å²) < 4.78 is 0. The summed E-state index contributed by atoms with van der Waals surface area (Å²) in [6, 6.07) is 5.02. The van der Waals surface area contributed by atoms with Gasteiger partial charge in [-0.05, 0) is 24.3 Å². The van der Waals surface area contributed by atoms with Crippen LogP contribution in [-0.2, 0) is 4.79 Å². The number of benzene rings is 1. The fourth-order valence-corrected chi connectivity index (χ4v) is 0.755. The van der Waals surface area contributed by atoms with Gasteiger partial charge in [0.2, 0.25) is 6.41 Å². The minimum Gasteiger partial charge on any atom is -0.478 e. The van der Waals surface area contributed by atoms with Gasteiger partial charge in [-0.25, -0.2) is 9.59 Å². The van der Waals surface area contributed by atoms with Gasteiger partial charge in [0.05, 0.1) is 11.1 Å². The van der Waals surface area contributed by atoms with E-state index in [0.29, 0.717) is 0 Å². The molecule has 1 amide bonds. The molecular formula is C11H16N2O5. The first-order valence-electron chi connectivity index (χ1n) is 4.57. The Morgan fingerprint density at radius 1 is 1.00 bits per heavy atom. The Hall–Kier alpha value is -2.41. The summed E-state index contributed by atoms with van der Waals surface area (Å²) in [5.41, 5.74) is 0.167. The molecule has 0 radical (unpaired) electrons. The molecule has 7 nitrogen and oxygen atoms in total. The number of hydrogen-bond acceptors (Lipinski definition) is 4. The monoisotopic (exact) mass is 256 g/mol. The Morgan fingerprint density at radius 2 is 1.22 bits per heavy atom.